The maximum Gasteiger partial charge on any atom is 0.233 e. The monoisotopic (exact) mass is 334 g/mol. The fourth-order valence-electron chi connectivity index (χ4n) is 1.24. The van der Waals surface area contributed by atoms with Gasteiger partial charge in [0.1, 0.15) is 12.1 Å². The van der Waals surface area contributed by atoms with Crippen molar-refractivity contribution in [1.82, 2.24) is 5.32 Å². The quantitative estimate of drug-likeness (QED) is 0.342. The molecule has 0 heterocycles. The summed E-state index contributed by atoms with van der Waals surface area (Å²) in [6, 6.07) is 1.23. The van der Waals surface area contributed by atoms with E-state index in [0.717, 1.165) is 0 Å². The normalized spacial score (nSPS) is 9.70. The molecule has 5 nitrogen and oxygen atoms in total. The highest BCUT2D eigenvalue weighted by Crippen LogP contribution is 2.42. The zero-order valence-electron chi connectivity index (χ0n) is 9.97. The second-order valence-corrected chi connectivity index (χ2v) is 4.78. The third-order valence-electron chi connectivity index (χ3n) is 2.12. The van der Waals surface area contributed by atoms with Gasteiger partial charge in [0.15, 0.2) is 5.75 Å². The van der Waals surface area contributed by atoms with Crippen molar-refractivity contribution >= 4 is 52.3 Å². The van der Waals surface area contributed by atoms with Gasteiger partial charge in [-0.2, -0.15) is 0 Å². The van der Waals surface area contributed by atoms with Crippen LogP contribution in [0.5, 0.6) is 5.75 Å². The Balaban J connectivity index is 2.82. The van der Waals surface area contributed by atoms with Crippen LogP contribution in [0.15, 0.2) is 6.07 Å². The number of anilines is 1. The Labute approximate surface area is 130 Å². The summed E-state index contributed by atoms with van der Waals surface area (Å²) in [6.07, 6.45) is 4.47. The maximum atomic E-state index is 11.6. The van der Waals surface area contributed by atoms with Crippen LogP contribution in [0, 0.1) is 12.3 Å². The number of hydrogen-bond acceptors (Lipinski definition) is 3. The summed E-state index contributed by atoms with van der Waals surface area (Å²) in [5.41, 5.74) is -0.154. The lowest BCUT2D eigenvalue weighted by Crippen LogP contribution is -2.28. The molecule has 0 radical (unpaired) electrons. The number of halogens is 3. The molecule has 1 aromatic rings. The van der Waals surface area contributed by atoms with Crippen molar-refractivity contribution in [1.29, 1.82) is 0 Å². The van der Waals surface area contributed by atoms with Crippen molar-refractivity contribution in [2.24, 2.45) is 0 Å². The molecule has 20 heavy (non-hydrogen) atoms. The Morgan fingerprint density at radius 1 is 1.25 bits per heavy atom. The lowest BCUT2D eigenvalue weighted by atomic mass is 10.2. The summed E-state index contributed by atoms with van der Waals surface area (Å²) in [7, 11) is 0. The molecular formula is C12H9Cl3N2O3. The topological polar surface area (TPSA) is 78.4 Å². The Bertz CT molecular complexity index is 570. The van der Waals surface area contributed by atoms with E-state index < -0.39 is 24.0 Å². The largest absolute Gasteiger partial charge is 0.504 e. The number of carbonyl (C=O) groups is 2. The average molecular weight is 336 g/mol. The fourth-order valence-corrected chi connectivity index (χ4v) is 1.90. The second-order valence-electron chi connectivity index (χ2n) is 3.58. The van der Waals surface area contributed by atoms with E-state index in [1.54, 1.807) is 0 Å². The van der Waals surface area contributed by atoms with E-state index >= 15 is 0 Å². The Hall–Kier alpha value is -1.61. The van der Waals surface area contributed by atoms with E-state index in [1.807, 2.05) is 0 Å². The van der Waals surface area contributed by atoms with Crippen molar-refractivity contribution in [3.63, 3.8) is 0 Å². The summed E-state index contributed by atoms with van der Waals surface area (Å²) < 4.78 is 0. The first kappa shape index (κ1) is 16.4. The van der Waals surface area contributed by atoms with Crippen LogP contribution in [-0.4, -0.2) is 23.5 Å². The smallest absolute Gasteiger partial charge is 0.233 e. The molecule has 0 aliphatic heterocycles. The van der Waals surface area contributed by atoms with Gasteiger partial charge in [-0.15, -0.1) is 6.42 Å². The Morgan fingerprint density at radius 2 is 1.90 bits per heavy atom. The van der Waals surface area contributed by atoms with Crippen LogP contribution in [0.2, 0.25) is 15.1 Å². The van der Waals surface area contributed by atoms with Gasteiger partial charge in [0.25, 0.3) is 0 Å². The molecule has 0 bridgehead atoms. The summed E-state index contributed by atoms with van der Waals surface area (Å²) in [5.74, 6) is 0.498. The molecule has 3 N–H and O–H groups in total. The van der Waals surface area contributed by atoms with Crippen LogP contribution in [0.4, 0.5) is 5.69 Å². The standard InChI is InChI=1S/C12H9Cl3N2O3/c1-2-3-16-8(18)5-9(19)17-11-10(15)6(13)4-7(14)12(11)20/h1,4,20H,3,5H2,(H,16,18)(H,17,19). The van der Waals surface area contributed by atoms with Crippen LogP contribution in [0.1, 0.15) is 6.42 Å². The third kappa shape index (κ3) is 4.20. The first-order valence-corrected chi connectivity index (χ1v) is 6.36. The molecule has 2 amide bonds. The van der Waals surface area contributed by atoms with E-state index in [4.69, 9.17) is 41.2 Å². The number of carbonyl (C=O) groups excluding carboxylic acids is 2. The number of amides is 2. The highest BCUT2D eigenvalue weighted by Gasteiger charge is 2.18. The molecular weight excluding hydrogens is 327 g/mol. The molecule has 1 aromatic carbocycles. The number of aromatic hydroxyl groups is 1. The fraction of sp³-hybridized carbons (Fsp3) is 0.167. The summed E-state index contributed by atoms with van der Waals surface area (Å²) in [5, 5.41) is 14.2. The molecule has 8 heteroatoms. The van der Waals surface area contributed by atoms with Gasteiger partial charge in [-0.25, -0.2) is 0 Å². The van der Waals surface area contributed by atoms with E-state index in [0.29, 0.717) is 0 Å². The first-order valence-electron chi connectivity index (χ1n) is 5.23. The summed E-state index contributed by atoms with van der Waals surface area (Å²) in [6.45, 7) is 0.0150. The molecule has 106 valence electrons. The Morgan fingerprint density at radius 3 is 2.50 bits per heavy atom. The highest BCUT2D eigenvalue weighted by atomic mass is 35.5. The zero-order chi connectivity index (χ0) is 15.3. The minimum absolute atomic E-state index is 0.0150. The molecule has 0 saturated heterocycles. The van der Waals surface area contributed by atoms with Gasteiger partial charge in [-0.05, 0) is 6.07 Å². The zero-order valence-corrected chi connectivity index (χ0v) is 12.2. The van der Waals surface area contributed by atoms with E-state index in [2.05, 4.69) is 16.6 Å². The minimum atomic E-state index is -0.699. The molecule has 0 unspecified atom stereocenters. The number of nitrogens with one attached hydrogen (secondary N) is 2. The minimum Gasteiger partial charge on any atom is -0.504 e. The van der Waals surface area contributed by atoms with Gasteiger partial charge >= 0.3 is 0 Å². The van der Waals surface area contributed by atoms with Gasteiger partial charge < -0.3 is 15.7 Å². The predicted molar refractivity (Wildman–Crippen MR) is 78.2 cm³/mol. The number of hydrogen-bond donors (Lipinski definition) is 3. The van der Waals surface area contributed by atoms with E-state index in [1.165, 1.54) is 6.07 Å². The third-order valence-corrected chi connectivity index (χ3v) is 3.19. The van der Waals surface area contributed by atoms with Crippen LogP contribution < -0.4 is 10.6 Å². The average Bonchev–Trinajstić information content (AvgIpc) is 2.39. The van der Waals surface area contributed by atoms with Crippen LogP contribution in [-0.2, 0) is 9.59 Å². The molecule has 1 rings (SSSR count). The van der Waals surface area contributed by atoms with Crippen LogP contribution >= 0.6 is 34.8 Å². The number of rotatable bonds is 4. The van der Waals surface area contributed by atoms with Crippen molar-refractivity contribution in [3.05, 3.63) is 21.1 Å². The van der Waals surface area contributed by atoms with E-state index in [9.17, 15) is 14.7 Å². The molecule has 0 aliphatic rings. The predicted octanol–water partition coefficient (Wildman–Crippen LogP) is 2.43. The summed E-state index contributed by atoms with van der Waals surface area (Å²) in [4.78, 5) is 22.9. The lowest BCUT2D eigenvalue weighted by molar-refractivity contribution is -0.126. The van der Waals surface area contributed by atoms with Crippen molar-refractivity contribution < 1.29 is 14.7 Å². The highest BCUT2D eigenvalue weighted by molar-refractivity contribution is 6.46. The van der Waals surface area contributed by atoms with Crippen molar-refractivity contribution in [3.8, 4) is 18.1 Å². The van der Waals surface area contributed by atoms with Crippen LogP contribution in [0.25, 0.3) is 0 Å². The number of terminal acetylenes is 1. The maximum absolute atomic E-state index is 11.6. The van der Waals surface area contributed by atoms with Gasteiger partial charge in [0, 0.05) is 0 Å². The molecule has 0 fully saturated rings. The van der Waals surface area contributed by atoms with Gasteiger partial charge in [0.05, 0.1) is 21.6 Å². The summed E-state index contributed by atoms with van der Waals surface area (Å²) >= 11 is 17.3. The molecule has 0 saturated carbocycles. The molecule has 0 aromatic heterocycles. The van der Waals surface area contributed by atoms with Crippen molar-refractivity contribution in [2.45, 2.75) is 6.42 Å². The van der Waals surface area contributed by atoms with Crippen LogP contribution in [0.3, 0.4) is 0 Å². The Kier molecular flexibility index (Phi) is 5.96. The van der Waals surface area contributed by atoms with Gasteiger partial charge in [0.2, 0.25) is 11.8 Å². The van der Waals surface area contributed by atoms with Crippen molar-refractivity contribution in [2.75, 3.05) is 11.9 Å². The first-order chi connectivity index (χ1) is 9.36. The second kappa shape index (κ2) is 7.25. The number of benzene rings is 1. The molecule has 0 spiro atoms. The van der Waals surface area contributed by atoms with E-state index in [-0.39, 0.29) is 27.3 Å². The van der Waals surface area contributed by atoms with Gasteiger partial charge in [-0.1, -0.05) is 40.7 Å². The van der Waals surface area contributed by atoms with Gasteiger partial charge in [-0.3, -0.25) is 9.59 Å². The molecule has 0 atom stereocenters. The number of phenols is 1. The molecule has 0 aliphatic carbocycles. The SMILES string of the molecule is C#CCNC(=O)CC(=O)Nc1c(O)c(Cl)cc(Cl)c1Cl. The lowest BCUT2D eigenvalue weighted by Gasteiger charge is -2.11. The number of phenolic OH excluding ortho intramolecular Hbond substituents is 1.